The molecule has 0 unspecified atom stereocenters. The highest BCUT2D eigenvalue weighted by Crippen LogP contribution is 2.40. The van der Waals surface area contributed by atoms with Gasteiger partial charge in [-0.1, -0.05) is 39.0 Å². The predicted molar refractivity (Wildman–Crippen MR) is 107 cm³/mol. The van der Waals surface area contributed by atoms with Crippen LogP contribution >= 0.6 is 11.8 Å². The van der Waals surface area contributed by atoms with Gasteiger partial charge in [0.2, 0.25) is 5.91 Å². The first kappa shape index (κ1) is 20.0. The Morgan fingerprint density at radius 1 is 1.33 bits per heavy atom. The number of nitrogens with zero attached hydrogens (tertiary/aromatic N) is 3. The lowest BCUT2D eigenvalue weighted by molar-refractivity contribution is -0.119. The summed E-state index contributed by atoms with van der Waals surface area (Å²) in [7, 11) is 1.88. The van der Waals surface area contributed by atoms with Crippen LogP contribution in [0.25, 0.3) is 11.6 Å². The fourth-order valence-electron chi connectivity index (χ4n) is 3.77. The summed E-state index contributed by atoms with van der Waals surface area (Å²) in [5.74, 6) is 2.53. The first-order valence-electron chi connectivity index (χ1n) is 9.76. The molecule has 1 aliphatic carbocycles. The van der Waals surface area contributed by atoms with Crippen LogP contribution in [0.3, 0.4) is 0 Å². The zero-order chi connectivity index (χ0) is 19.4. The maximum absolute atomic E-state index is 12.4. The number of nitrogens with one attached hydrogen (secondary N) is 1. The van der Waals surface area contributed by atoms with Crippen molar-refractivity contribution in [2.45, 2.75) is 64.1 Å². The highest BCUT2D eigenvalue weighted by Gasteiger charge is 2.32. The van der Waals surface area contributed by atoms with Gasteiger partial charge in [-0.25, -0.2) is 0 Å². The van der Waals surface area contributed by atoms with E-state index in [4.69, 9.17) is 4.42 Å². The summed E-state index contributed by atoms with van der Waals surface area (Å²) in [6.07, 6.45) is 7.39. The first-order valence-corrected chi connectivity index (χ1v) is 10.7. The maximum atomic E-state index is 12.4. The number of rotatable bonds is 7. The van der Waals surface area contributed by atoms with Crippen molar-refractivity contribution in [3.8, 4) is 11.6 Å². The number of furan rings is 1. The average molecular weight is 391 g/mol. The van der Waals surface area contributed by atoms with Gasteiger partial charge in [0.15, 0.2) is 16.7 Å². The topological polar surface area (TPSA) is 73.0 Å². The van der Waals surface area contributed by atoms with Crippen molar-refractivity contribution in [2.75, 3.05) is 5.75 Å². The Kier molecular flexibility index (Phi) is 6.29. The van der Waals surface area contributed by atoms with Crippen LogP contribution in [0.1, 0.15) is 52.9 Å². The van der Waals surface area contributed by atoms with Crippen LogP contribution in [0.5, 0.6) is 0 Å². The van der Waals surface area contributed by atoms with E-state index in [1.165, 1.54) is 31.0 Å². The van der Waals surface area contributed by atoms with E-state index >= 15 is 0 Å². The molecular weight excluding hydrogens is 360 g/mol. The molecule has 1 amide bonds. The Balaban J connectivity index is 1.46. The van der Waals surface area contributed by atoms with E-state index in [1.807, 2.05) is 23.7 Å². The Morgan fingerprint density at radius 2 is 2.07 bits per heavy atom. The van der Waals surface area contributed by atoms with Crippen molar-refractivity contribution in [3.63, 3.8) is 0 Å². The minimum Gasteiger partial charge on any atom is -0.461 e. The van der Waals surface area contributed by atoms with Gasteiger partial charge in [-0.05, 0) is 49.1 Å². The van der Waals surface area contributed by atoms with Gasteiger partial charge in [0.05, 0.1) is 12.0 Å². The Hall–Kier alpha value is -1.76. The molecule has 2 aromatic rings. The van der Waals surface area contributed by atoms with Gasteiger partial charge in [0.1, 0.15) is 0 Å². The molecule has 1 aliphatic rings. The van der Waals surface area contributed by atoms with Crippen LogP contribution in [0.4, 0.5) is 0 Å². The minimum atomic E-state index is 0.0701. The summed E-state index contributed by atoms with van der Waals surface area (Å²) in [5.41, 5.74) is 0.404. The molecule has 0 aliphatic heterocycles. The first-order chi connectivity index (χ1) is 12.9. The monoisotopic (exact) mass is 390 g/mol. The van der Waals surface area contributed by atoms with Crippen molar-refractivity contribution in [3.05, 3.63) is 18.4 Å². The molecular formula is C20H30N4O2S. The fourth-order valence-corrected chi connectivity index (χ4v) is 4.49. The Bertz CT molecular complexity index is 746. The molecule has 0 aromatic carbocycles. The second-order valence-electron chi connectivity index (χ2n) is 8.09. The third kappa shape index (κ3) is 4.75. The molecule has 1 fully saturated rings. The molecule has 0 bridgehead atoms. The van der Waals surface area contributed by atoms with E-state index in [0.29, 0.717) is 34.0 Å². The third-order valence-electron chi connectivity index (χ3n) is 6.02. The lowest BCUT2D eigenvalue weighted by Crippen LogP contribution is -2.40. The highest BCUT2D eigenvalue weighted by molar-refractivity contribution is 7.99. The van der Waals surface area contributed by atoms with Crippen molar-refractivity contribution >= 4 is 17.7 Å². The Labute approximate surface area is 165 Å². The lowest BCUT2D eigenvalue weighted by atomic mass is 9.69. The number of carbonyl (C=O) groups excluding carboxylic acids is 1. The maximum Gasteiger partial charge on any atom is 0.230 e. The van der Waals surface area contributed by atoms with Crippen molar-refractivity contribution in [1.82, 2.24) is 20.1 Å². The van der Waals surface area contributed by atoms with E-state index in [1.54, 1.807) is 6.26 Å². The van der Waals surface area contributed by atoms with Gasteiger partial charge in [-0.3, -0.25) is 4.79 Å². The molecule has 0 saturated heterocycles. The van der Waals surface area contributed by atoms with Crippen molar-refractivity contribution in [1.29, 1.82) is 0 Å². The van der Waals surface area contributed by atoms with Crippen molar-refractivity contribution < 1.29 is 9.21 Å². The van der Waals surface area contributed by atoms with E-state index < -0.39 is 0 Å². The zero-order valence-electron chi connectivity index (χ0n) is 16.7. The number of hydrogen-bond donors (Lipinski definition) is 1. The third-order valence-corrected chi connectivity index (χ3v) is 7.04. The van der Waals surface area contributed by atoms with Crippen molar-refractivity contribution in [2.24, 2.45) is 18.4 Å². The molecule has 3 rings (SSSR count). The molecule has 2 aromatic heterocycles. The van der Waals surface area contributed by atoms with E-state index in [0.717, 1.165) is 18.8 Å². The number of amides is 1. The van der Waals surface area contributed by atoms with Gasteiger partial charge < -0.3 is 14.3 Å². The molecule has 0 radical (unpaired) electrons. The second kappa shape index (κ2) is 8.50. The summed E-state index contributed by atoms with van der Waals surface area (Å²) < 4.78 is 7.22. The number of hydrogen-bond acceptors (Lipinski definition) is 5. The van der Waals surface area contributed by atoms with Crippen LogP contribution in [0.15, 0.2) is 28.0 Å². The van der Waals surface area contributed by atoms with Crippen LogP contribution in [-0.2, 0) is 11.8 Å². The number of carbonyl (C=O) groups is 1. The lowest BCUT2D eigenvalue weighted by Gasteiger charge is -2.39. The minimum absolute atomic E-state index is 0.0701. The van der Waals surface area contributed by atoms with Gasteiger partial charge in [-0.2, -0.15) is 0 Å². The molecule has 0 spiro atoms. The zero-order valence-corrected chi connectivity index (χ0v) is 17.5. The molecule has 0 atom stereocenters. The van der Waals surface area contributed by atoms with Crippen LogP contribution in [0, 0.1) is 11.3 Å². The summed E-state index contributed by atoms with van der Waals surface area (Å²) in [4.78, 5) is 12.4. The highest BCUT2D eigenvalue weighted by atomic mass is 32.2. The van der Waals surface area contributed by atoms with Gasteiger partial charge in [-0.15, -0.1) is 10.2 Å². The van der Waals surface area contributed by atoms with Gasteiger partial charge in [0, 0.05) is 13.1 Å². The summed E-state index contributed by atoms with van der Waals surface area (Å²) >= 11 is 1.41. The molecule has 2 heterocycles. The second-order valence-corrected chi connectivity index (χ2v) is 9.03. The fraction of sp³-hybridized carbons (Fsp3) is 0.650. The SMILES string of the molecule is CCC(C)(C)C1CCC(NC(=O)CSc2nnc(-c3ccco3)n2C)CC1. The summed E-state index contributed by atoms with van der Waals surface area (Å²) in [6, 6.07) is 3.97. The van der Waals surface area contributed by atoms with Crippen LogP contribution in [0.2, 0.25) is 0 Å². The normalized spacial score (nSPS) is 20.6. The average Bonchev–Trinajstić information content (AvgIpc) is 3.30. The predicted octanol–water partition coefficient (Wildman–Crippen LogP) is 4.28. The molecule has 1 saturated carbocycles. The molecule has 1 N–H and O–H groups in total. The smallest absolute Gasteiger partial charge is 0.230 e. The summed E-state index contributed by atoms with van der Waals surface area (Å²) in [6.45, 7) is 7.01. The van der Waals surface area contributed by atoms with E-state index in [2.05, 4.69) is 36.3 Å². The van der Waals surface area contributed by atoms with Crippen LogP contribution in [-0.4, -0.2) is 32.5 Å². The van der Waals surface area contributed by atoms with Crippen LogP contribution < -0.4 is 5.32 Å². The number of aromatic nitrogens is 3. The van der Waals surface area contributed by atoms with Gasteiger partial charge >= 0.3 is 0 Å². The molecule has 148 valence electrons. The number of thioether (sulfide) groups is 1. The molecule has 27 heavy (non-hydrogen) atoms. The summed E-state index contributed by atoms with van der Waals surface area (Å²) in [5, 5.41) is 12.2. The van der Waals surface area contributed by atoms with Gasteiger partial charge in [0.25, 0.3) is 0 Å². The Morgan fingerprint density at radius 3 is 2.70 bits per heavy atom. The van der Waals surface area contributed by atoms with E-state index in [9.17, 15) is 4.79 Å². The largest absolute Gasteiger partial charge is 0.461 e. The molecule has 6 nitrogen and oxygen atoms in total. The molecule has 7 heteroatoms. The standard InChI is InChI=1S/C20H30N4O2S/c1-5-20(2,3)14-8-10-15(11-9-14)21-17(25)13-27-19-23-22-18(24(19)4)16-7-6-12-26-16/h6-7,12,14-15H,5,8-11,13H2,1-4H3,(H,21,25). The quantitative estimate of drug-likeness (QED) is 0.715. The van der Waals surface area contributed by atoms with E-state index in [-0.39, 0.29) is 5.91 Å².